The van der Waals surface area contributed by atoms with Gasteiger partial charge >= 0.3 is 0 Å². The highest BCUT2D eigenvalue weighted by Crippen LogP contribution is 2.23. The number of rotatable bonds is 3. The van der Waals surface area contributed by atoms with E-state index in [1.807, 2.05) is 18.2 Å². The van der Waals surface area contributed by atoms with Crippen molar-refractivity contribution in [3.05, 3.63) is 53.3 Å². The number of benzene rings is 1. The fourth-order valence-corrected chi connectivity index (χ4v) is 2.26. The maximum Gasteiger partial charge on any atom is 0.0455 e. The lowest BCUT2D eigenvalue weighted by Crippen LogP contribution is -2.21. The van der Waals surface area contributed by atoms with Crippen LogP contribution in [0, 0.1) is 13.8 Å². The molecule has 0 fully saturated rings. The van der Waals surface area contributed by atoms with Crippen LogP contribution in [0.2, 0.25) is 0 Å². The first kappa shape index (κ1) is 11.9. The molecule has 1 heterocycles. The third-order valence-electron chi connectivity index (χ3n) is 3.14. The molecule has 3 nitrogen and oxygen atoms in total. The van der Waals surface area contributed by atoms with Gasteiger partial charge in [0, 0.05) is 29.7 Å². The molecule has 0 aliphatic heterocycles. The Balaban J connectivity index is 2.53. The topological polar surface area (TPSA) is 57.0 Å². The molecule has 0 spiro atoms. The van der Waals surface area contributed by atoms with Crippen LogP contribution in [0.3, 0.4) is 0 Å². The average molecular weight is 229 g/mol. The lowest BCUT2D eigenvalue weighted by molar-refractivity contribution is 0.729. The van der Waals surface area contributed by atoms with Gasteiger partial charge in [0.1, 0.15) is 0 Å². The van der Waals surface area contributed by atoms with Gasteiger partial charge in [-0.1, -0.05) is 18.2 Å². The zero-order valence-electron chi connectivity index (χ0n) is 10.4. The van der Waals surface area contributed by atoms with E-state index in [2.05, 4.69) is 36.6 Å². The van der Waals surface area contributed by atoms with Crippen LogP contribution >= 0.6 is 0 Å². The van der Waals surface area contributed by atoms with Crippen molar-refractivity contribution in [1.82, 2.24) is 4.57 Å². The molecule has 2 rings (SSSR count). The first-order valence-electron chi connectivity index (χ1n) is 5.85. The molecule has 0 saturated heterocycles. The van der Waals surface area contributed by atoms with Gasteiger partial charge in [0.05, 0.1) is 0 Å². The van der Waals surface area contributed by atoms with Crippen molar-refractivity contribution in [3.8, 4) is 5.69 Å². The number of para-hydroxylation sites is 1. The second kappa shape index (κ2) is 4.73. The number of aryl methyl sites for hydroxylation is 1. The summed E-state index contributed by atoms with van der Waals surface area (Å²) < 4.78 is 2.21. The summed E-state index contributed by atoms with van der Waals surface area (Å²) in [5.41, 5.74) is 16.3. The van der Waals surface area contributed by atoms with Crippen molar-refractivity contribution in [2.45, 2.75) is 19.9 Å². The van der Waals surface area contributed by atoms with Crippen molar-refractivity contribution < 1.29 is 0 Å². The Kier molecular flexibility index (Phi) is 3.31. The van der Waals surface area contributed by atoms with Crippen molar-refractivity contribution in [2.75, 3.05) is 6.54 Å². The molecular weight excluding hydrogens is 210 g/mol. The Labute approximate surface area is 102 Å². The minimum atomic E-state index is -0.0846. The molecule has 0 aliphatic rings. The molecule has 1 unspecified atom stereocenters. The summed E-state index contributed by atoms with van der Waals surface area (Å²) in [6.07, 6.45) is 0. The lowest BCUT2D eigenvalue weighted by atomic mass is 10.1. The van der Waals surface area contributed by atoms with Gasteiger partial charge < -0.3 is 16.0 Å². The van der Waals surface area contributed by atoms with E-state index in [0.717, 1.165) is 11.3 Å². The second-order valence-corrected chi connectivity index (χ2v) is 4.34. The predicted octanol–water partition coefficient (Wildman–Crippen LogP) is 2.05. The third-order valence-corrected chi connectivity index (χ3v) is 3.14. The van der Waals surface area contributed by atoms with E-state index in [1.54, 1.807) is 0 Å². The predicted molar refractivity (Wildman–Crippen MR) is 71.2 cm³/mol. The standard InChI is InChI=1S/C14H19N3/c1-10-8-13(14(16)9-15)11(2)17(10)12-6-4-3-5-7-12/h3-8,14H,9,15-16H2,1-2H3. The first-order valence-corrected chi connectivity index (χ1v) is 5.85. The summed E-state index contributed by atoms with van der Waals surface area (Å²) in [5, 5.41) is 0. The molecule has 3 heteroatoms. The fraction of sp³-hybridized carbons (Fsp3) is 0.286. The summed E-state index contributed by atoms with van der Waals surface area (Å²) in [6.45, 7) is 4.65. The largest absolute Gasteiger partial charge is 0.329 e. The van der Waals surface area contributed by atoms with Crippen LogP contribution < -0.4 is 11.5 Å². The molecule has 1 aromatic carbocycles. The Bertz CT molecular complexity index is 500. The van der Waals surface area contributed by atoms with Gasteiger partial charge in [-0.15, -0.1) is 0 Å². The summed E-state index contributed by atoms with van der Waals surface area (Å²) in [4.78, 5) is 0. The molecule has 90 valence electrons. The van der Waals surface area contributed by atoms with Crippen molar-refractivity contribution in [1.29, 1.82) is 0 Å². The molecule has 0 aliphatic carbocycles. The van der Waals surface area contributed by atoms with Gasteiger partial charge in [0.15, 0.2) is 0 Å². The molecule has 1 atom stereocenters. The maximum absolute atomic E-state index is 6.02. The van der Waals surface area contributed by atoms with E-state index < -0.39 is 0 Å². The van der Waals surface area contributed by atoms with E-state index in [1.165, 1.54) is 11.4 Å². The molecular formula is C14H19N3. The highest BCUT2D eigenvalue weighted by atomic mass is 15.0. The second-order valence-electron chi connectivity index (χ2n) is 4.34. The van der Waals surface area contributed by atoms with Gasteiger partial charge in [-0.05, 0) is 37.6 Å². The van der Waals surface area contributed by atoms with Crippen LogP contribution in [0.25, 0.3) is 5.69 Å². The number of aromatic nitrogens is 1. The third kappa shape index (κ3) is 2.12. The number of nitrogens with zero attached hydrogens (tertiary/aromatic N) is 1. The van der Waals surface area contributed by atoms with Crippen molar-refractivity contribution >= 4 is 0 Å². The zero-order valence-corrected chi connectivity index (χ0v) is 10.4. The molecule has 1 aromatic heterocycles. The van der Waals surface area contributed by atoms with E-state index in [9.17, 15) is 0 Å². The normalized spacial score (nSPS) is 12.7. The minimum absolute atomic E-state index is 0.0846. The van der Waals surface area contributed by atoms with E-state index >= 15 is 0 Å². The Morgan fingerprint density at radius 1 is 1.18 bits per heavy atom. The molecule has 0 bridgehead atoms. The van der Waals surface area contributed by atoms with Crippen LogP contribution in [0.15, 0.2) is 36.4 Å². The van der Waals surface area contributed by atoms with Crippen LogP contribution in [0.5, 0.6) is 0 Å². The SMILES string of the molecule is Cc1cc(C(N)CN)c(C)n1-c1ccccc1. The molecule has 2 aromatic rings. The van der Waals surface area contributed by atoms with E-state index in [4.69, 9.17) is 11.5 Å². The Morgan fingerprint density at radius 3 is 2.41 bits per heavy atom. The van der Waals surface area contributed by atoms with Crippen LogP contribution in [0.1, 0.15) is 23.0 Å². The van der Waals surface area contributed by atoms with E-state index in [0.29, 0.717) is 6.54 Å². The summed E-state index contributed by atoms with van der Waals surface area (Å²) in [7, 11) is 0. The monoisotopic (exact) mass is 229 g/mol. The van der Waals surface area contributed by atoms with Crippen LogP contribution in [-0.2, 0) is 0 Å². The van der Waals surface area contributed by atoms with Crippen molar-refractivity contribution in [3.63, 3.8) is 0 Å². The van der Waals surface area contributed by atoms with Crippen LogP contribution in [-0.4, -0.2) is 11.1 Å². The number of hydrogen-bond donors (Lipinski definition) is 2. The summed E-state index contributed by atoms with van der Waals surface area (Å²) in [5.74, 6) is 0. The number of hydrogen-bond acceptors (Lipinski definition) is 2. The van der Waals surface area contributed by atoms with Gasteiger partial charge in [-0.2, -0.15) is 0 Å². The lowest BCUT2D eigenvalue weighted by Gasteiger charge is -2.12. The van der Waals surface area contributed by atoms with Crippen molar-refractivity contribution in [2.24, 2.45) is 11.5 Å². The Morgan fingerprint density at radius 2 is 1.82 bits per heavy atom. The van der Waals surface area contributed by atoms with Gasteiger partial charge in [0.2, 0.25) is 0 Å². The first-order chi connectivity index (χ1) is 8.15. The van der Waals surface area contributed by atoms with Gasteiger partial charge in [-0.25, -0.2) is 0 Å². The highest BCUT2D eigenvalue weighted by Gasteiger charge is 2.14. The molecule has 17 heavy (non-hydrogen) atoms. The molecule has 4 N–H and O–H groups in total. The maximum atomic E-state index is 6.02. The van der Waals surface area contributed by atoms with Gasteiger partial charge in [-0.3, -0.25) is 0 Å². The molecule has 0 amide bonds. The molecule has 0 radical (unpaired) electrons. The minimum Gasteiger partial charge on any atom is -0.329 e. The average Bonchev–Trinajstić information content (AvgIpc) is 2.65. The fourth-order valence-electron chi connectivity index (χ4n) is 2.26. The molecule has 0 saturated carbocycles. The van der Waals surface area contributed by atoms with Crippen LogP contribution in [0.4, 0.5) is 0 Å². The Hall–Kier alpha value is -1.58. The zero-order chi connectivity index (χ0) is 12.4. The highest BCUT2D eigenvalue weighted by molar-refractivity contribution is 5.41. The quantitative estimate of drug-likeness (QED) is 0.846. The van der Waals surface area contributed by atoms with E-state index in [-0.39, 0.29) is 6.04 Å². The smallest absolute Gasteiger partial charge is 0.0455 e. The number of nitrogens with two attached hydrogens (primary N) is 2. The summed E-state index contributed by atoms with van der Waals surface area (Å²) in [6, 6.07) is 12.3. The summed E-state index contributed by atoms with van der Waals surface area (Å²) >= 11 is 0. The van der Waals surface area contributed by atoms with Gasteiger partial charge in [0.25, 0.3) is 0 Å².